The van der Waals surface area contributed by atoms with Crippen molar-refractivity contribution in [1.82, 2.24) is 0 Å². The summed E-state index contributed by atoms with van der Waals surface area (Å²) in [6, 6.07) is 13.6. The maximum Gasteiger partial charge on any atom is 0.449 e. The zero-order chi connectivity index (χ0) is 22.1. The van der Waals surface area contributed by atoms with Crippen molar-refractivity contribution in [3.63, 3.8) is 0 Å². The van der Waals surface area contributed by atoms with Gasteiger partial charge in [0, 0.05) is 30.2 Å². The van der Waals surface area contributed by atoms with Gasteiger partial charge in [0.05, 0.1) is 18.6 Å². The van der Waals surface area contributed by atoms with Gasteiger partial charge < -0.3 is 18.8 Å². The van der Waals surface area contributed by atoms with E-state index in [-0.39, 0.29) is 24.6 Å². The third-order valence-electron chi connectivity index (χ3n) is 6.50. The van der Waals surface area contributed by atoms with Crippen LogP contribution in [0.15, 0.2) is 52.9 Å². The Morgan fingerprint density at radius 2 is 1.84 bits per heavy atom. The van der Waals surface area contributed by atoms with Crippen LogP contribution in [0.25, 0.3) is 0 Å². The van der Waals surface area contributed by atoms with Gasteiger partial charge in [-0.3, -0.25) is 4.79 Å². The van der Waals surface area contributed by atoms with Gasteiger partial charge in [-0.2, -0.15) is 13.2 Å². The van der Waals surface area contributed by atoms with Crippen molar-refractivity contribution in [2.45, 2.75) is 31.0 Å². The molecule has 8 heteroatoms. The Balaban J connectivity index is 1.42. The molecule has 0 bridgehead atoms. The fourth-order valence-corrected chi connectivity index (χ4v) is 4.99. The summed E-state index contributed by atoms with van der Waals surface area (Å²) < 4.78 is 55.5. The van der Waals surface area contributed by atoms with Crippen molar-refractivity contribution in [2.24, 2.45) is 0 Å². The number of amides is 1. The van der Waals surface area contributed by atoms with Gasteiger partial charge in [0.25, 0.3) is 0 Å². The quantitative estimate of drug-likeness (QED) is 0.571. The van der Waals surface area contributed by atoms with E-state index in [9.17, 15) is 18.0 Å². The normalized spacial score (nSPS) is 21.2. The molecule has 5 nitrogen and oxygen atoms in total. The Kier molecular flexibility index (Phi) is 3.94. The summed E-state index contributed by atoms with van der Waals surface area (Å²) in [5.41, 5.74) is 2.98. The van der Waals surface area contributed by atoms with Crippen LogP contribution in [0.2, 0.25) is 0 Å². The summed E-state index contributed by atoms with van der Waals surface area (Å²) in [7, 11) is 0. The molecule has 0 fully saturated rings. The van der Waals surface area contributed by atoms with E-state index in [0.717, 1.165) is 34.9 Å². The van der Waals surface area contributed by atoms with Gasteiger partial charge in [-0.25, -0.2) is 0 Å². The molecule has 0 N–H and O–H groups in total. The van der Waals surface area contributed by atoms with Crippen molar-refractivity contribution in [1.29, 1.82) is 0 Å². The molecule has 4 heterocycles. The zero-order valence-electron chi connectivity index (χ0n) is 16.9. The largest absolute Gasteiger partial charge is 0.493 e. The van der Waals surface area contributed by atoms with Gasteiger partial charge in [-0.05, 0) is 35.4 Å². The van der Waals surface area contributed by atoms with E-state index in [0.29, 0.717) is 24.7 Å². The predicted octanol–water partition coefficient (Wildman–Crippen LogP) is 4.85. The van der Waals surface area contributed by atoms with Crippen LogP contribution >= 0.6 is 0 Å². The lowest BCUT2D eigenvalue weighted by Crippen LogP contribution is -2.45. The minimum Gasteiger partial charge on any atom is -0.493 e. The van der Waals surface area contributed by atoms with Gasteiger partial charge in [-0.1, -0.05) is 18.2 Å². The van der Waals surface area contributed by atoms with Crippen LogP contribution in [0.1, 0.15) is 34.6 Å². The smallest absolute Gasteiger partial charge is 0.449 e. The number of rotatable bonds is 2. The highest BCUT2D eigenvalue weighted by molar-refractivity contribution is 5.99. The average molecular weight is 441 g/mol. The van der Waals surface area contributed by atoms with Crippen molar-refractivity contribution in [3.05, 3.63) is 76.7 Å². The third-order valence-corrected chi connectivity index (χ3v) is 6.50. The van der Waals surface area contributed by atoms with Gasteiger partial charge >= 0.3 is 6.18 Å². The molecule has 1 aromatic heterocycles. The van der Waals surface area contributed by atoms with E-state index in [1.807, 2.05) is 30.3 Å². The first-order chi connectivity index (χ1) is 15.3. The second-order valence-corrected chi connectivity index (χ2v) is 8.36. The molecule has 1 amide bonds. The number of carbonyl (C=O) groups is 1. The lowest BCUT2D eigenvalue weighted by molar-refractivity contribution is -0.153. The molecule has 3 aromatic rings. The van der Waals surface area contributed by atoms with Crippen molar-refractivity contribution in [2.75, 3.05) is 18.1 Å². The first kappa shape index (κ1) is 19.3. The molecule has 0 aliphatic carbocycles. The Bertz CT molecular complexity index is 1250. The Labute approximate surface area is 181 Å². The molecular formula is C24H18F3NO4. The molecule has 6 rings (SSSR count). The number of nitrogens with zero attached hydrogens (tertiary/aromatic N) is 1. The first-order valence-electron chi connectivity index (χ1n) is 10.3. The lowest BCUT2D eigenvalue weighted by Gasteiger charge is -2.39. The highest BCUT2D eigenvalue weighted by Gasteiger charge is 2.50. The average Bonchev–Trinajstić information content (AvgIpc) is 3.49. The van der Waals surface area contributed by atoms with Crippen LogP contribution in [0.5, 0.6) is 11.5 Å². The SMILES string of the molecule is O=C1CC2(COc3cc4c(cc32)CCO4)c2ccccc2N1Cc1ccc(C(F)(F)F)o1. The Morgan fingerprint density at radius 3 is 2.66 bits per heavy atom. The number of alkyl halides is 3. The van der Waals surface area contributed by atoms with Crippen molar-refractivity contribution < 1.29 is 31.9 Å². The summed E-state index contributed by atoms with van der Waals surface area (Å²) in [6.07, 6.45) is -3.61. The van der Waals surface area contributed by atoms with Crippen LogP contribution in [0, 0.1) is 0 Å². The predicted molar refractivity (Wildman–Crippen MR) is 108 cm³/mol. The van der Waals surface area contributed by atoms with Crippen LogP contribution in [-0.4, -0.2) is 19.1 Å². The molecular weight excluding hydrogens is 423 g/mol. The fraction of sp³-hybridized carbons (Fsp3) is 0.292. The van der Waals surface area contributed by atoms with Crippen molar-refractivity contribution >= 4 is 11.6 Å². The standard InChI is InChI=1S/C24H18F3NO4/c25-24(26,27)21-6-5-15(32-21)12-28-18-4-2-1-3-16(18)23(11-22(28)29)13-31-20-10-19-14(7-8-30-19)9-17(20)23/h1-6,9-10H,7-8,11-13H2. The van der Waals surface area contributed by atoms with E-state index in [4.69, 9.17) is 13.9 Å². The highest BCUT2D eigenvalue weighted by Crippen LogP contribution is 2.53. The number of benzene rings is 2. The van der Waals surface area contributed by atoms with E-state index in [1.165, 1.54) is 11.0 Å². The molecule has 0 saturated carbocycles. The van der Waals surface area contributed by atoms with E-state index >= 15 is 0 Å². The molecule has 3 aliphatic rings. The number of para-hydroxylation sites is 1. The molecule has 2 aromatic carbocycles. The molecule has 1 atom stereocenters. The van der Waals surface area contributed by atoms with E-state index < -0.39 is 17.4 Å². The molecule has 32 heavy (non-hydrogen) atoms. The van der Waals surface area contributed by atoms with Gasteiger partial charge in [0.15, 0.2) is 0 Å². The Morgan fingerprint density at radius 1 is 1.00 bits per heavy atom. The summed E-state index contributed by atoms with van der Waals surface area (Å²) in [4.78, 5) is 14.8. The number of fused-ring (bicyclic) bond motifs is 5. The summed E-state index contributed by atoms with van der Waals surface area (Å²) in [6.45, 7) is 0.867. The zero-order valence-corrected chi connectivity index (χ0v) is 16.9. The highest BCUT2D eigenvalue weighted by atomic mass is 19.4. The van der Waals surface area contributed by atoms with Gasteiger partial charge in [0.2, 0.25) is 11.7 Å². The number of anilines is 1. The lowest BCUT2D eigenvalue weighted by atomic mass is 9.70. The number of halogens is 3. The van der Waals surface area contributed by atoms with E-state index in [2.05, 4.69) is 6.07 Å². The summed E-state index contributed by atoms with van der Waals surface area (Å²) >= 11 is 0. The molecule has 1 unspecified atom stereocenters. The number of hydrogen-bond donors (Lipinski definition) is 0. The fourth-order valence-electron chi connectivity index (χ4n) is 4.99. The number of hydrogen-bond acceptors (Lipinski definition) is 4. The molecule has 3 aliphatic heterocycles. The maximum absolute atomic E-state index is 13.4. The minimum atomic E-state index is -4.57. The summed E-state index contributed by atoms with van der Waals surface area (Å²) in [5.74, 6) is 0.339. The second-order valence-electron chi connectivity index (χ2n) is 8.36. The second kappa shape index (κ2) is 6.54. The number of ether oxygens (including phenoxy) is 2. The molecule has 1 spiro atoms. The van der Waals surface area contributed by atoms with Crippen LogP contribution < -0.4 is 14.4 Å². The van der Waals surface area contributed by atoms with Crippen LogP contribution in [0.4, 0.5) is 18.9 Å². The number of furan rings is 1. The Hall–Kier alpha value is -3.42. The molecule has 0 radical (unpaired) electrons. The third kappa shape index (κ3) is 2.75. The van der Waals surface area contributed by atoms with Crippen LogP contribution in [0.3, 0.4) is 0 Å². The van der Waals surface area contributed by atoms with Gasteiger partial charge in [-0.15, -0.1) is 0 Å². The van der Waals surface area contributed by atoms with Gasteiger partial charge in [0.1, 0.15) is 23.9 Å². The van der Waals surface area contributed by atoms with E-state index in [1.54, 1.807) is 0 Å². The topological polar surface area (TPSA) is 51.9 Å². The summed E-state index contributed by atoms with van der Waals surface area (Å²) in [5, 5.41) is 0. The minimum absolute atomic E-state index is 0.0756. The van der Waals surface area contributed by atoms with Crippen molar-refractivity contribution in [3.8, 4) is 11.5 Å². The first-order valence-corrected chi connectivity index (χ1v) is 10.3. The maximum atomic E-state index is 13.4. The molecule has 0 saturated heterocycles. The van der Waals surface area contributed by atoms with Crippen LogP contribution in [-0.2, 0) is 29.4 Å². The molecule has 164 valence electrons. The monoisotopic (exact) mass is 441 g/mol. The number of carbonyl (C=O) groups excluding carboxylic acids is 1.